The summed E-state index contributed by atoms with van der Waals surface area (Å²) in [7, 11) is -2.43. The number of hydrogen-bond donors (Lipinski definition) is 1. The number of anilines is 1. The van der Waals surface area contributed by atoms with Crippen LogP contribution in [0.1, 0.15) is 18.9 Å². The van der Waals surface area contributed by atoms with Crippen LogP contribution in [-0.2, 0) is 21.2 Å². The molecule has 0 heterocycles. The third kappa shape index (κ3) is 6.11. The van der Waals surface area contributed by atoms with Gasteiger partial charge in [0.2, 0.25) is 5.91 Å². The number of aryl methyl sites for hydroxylation is 1. The topological polar surface area (TPSA) is 75.7 Å². The van der Waals surface area contributed by atoms with E-state index in [0.29, 0.717) is 11.4 Å². The summed E-state index contributed by atoms with van der Waals surface area (Å²) >= 11 is 0. The van der Waals surface area contributed by atoms with Gasteiger partial charge in [-0.2, -0.15) is 0 Å². The van der Waals surface area contributed by atoms with Crippen LogP contribution in [0, 0.1) is 0 Å². The van der Waals surface area contributed by atoms with Gasteiger partial charge in [0, 0.05) is 6.04 Å². The van der Waals surface area contributed by atoms with Gasteiger partial charge in [-0.1, -0.05) is 48.5 Å². The highest BCUT2D eigenvalue weighted by Gasteiger charge is 2.27. The van der Waals surface area contributed by atoms with Crippen molar-refractivity contribution in [2.75, 3.05) is 18.0 Å². The second-order valence-corrected chi connectivity index (χ2v) is 9.38. The Bertz CT molecular complexity index is 1100. The molecule has 0 aromatic heterocycles. The molecule has 0 saturated heterocycles. The average molecular weight is 453 g/mol. The lowest BCUT2D eigenvalue weighted by molar-refractivity contribution is -0.120. The number of hydrogen-bond acceptors (Lipinski definition) is 4. The van der Waals surface area contributed by atoms with E-state index in [1.165, 1.54) is 24.8 Å². The van der Waals surface area contributed by atoms with E-state index in [2.05, 4.69) is 5.32 Å². The third-order valence-electron chi connectivity index (χ3n) is 5.10. The lowest BCUT2D eigenvalue weighted by Gasteiger charge is -2.25. The van der Waals surface area contributed by atoms with Crippen molar-refractivity contribution < 1.29 is 17.9 Å². The van der Waals surface area contributed by atoms with E-state index in [1.54, 1.807) is 42.5 Å². The Hall–Kier alpha value is -3.32. The monoisotopic (exact) mass is 452 g/mol. The number of carbonyl (C=O) groups excluding carboxylic acids is 1. The second kappa shape index (κ2) is 10.8. The van der Waals surface area contributed by atoms with Crippen molar-refractivity contribution in [3.8, 4) is 5.75 Å². The Labute approximate surface area is 189 Å². The van der Waals surface area contributed by atoms with Crippen LogP contribution in [-0.4, -0.2) is 34.0 Å². The number of rotatable bonds is 10. The Balaban J connectivity index is 1.73. The van der Waals surface area contributed by atoms with Gasteiger partial charge in [-0.05, 0) is 61.7 Å². The predicted octanol–water partition coefficient (Wildman–Crippen LogP) is 4.03. The summed E-state index contributed by atoms with van der Waals surface area (Å²) in [5, 5.41) is 2.93. The summed E-state index contributed by atoms with van der Waals surface area (Å²) in [4.78, 5) is 12.9. The Kier molecular flexibility index (Phi) is 7.89. The van der Waals surface area contributed by atoms with Gasteiger partial charge in [0.25, 0.3) is 10.0 Å². The maximum Gasteiger partial charge on any atom is 0.264 e. The standard InChI is InChI=1S/C25H28N2O4S/c1-20(13-14-21-9-5-3-6-10-21)26-25(28)19-27(22-11-7-4-8-12-22)32(29,30)24-17-15-23(31-2)16-18-24/h3-12,15-18,20H,13-14,19H2,1-2H3,(H,26,28)/t20-/m1/s1. The molecule has 168 valence electrons. The molecule has 32 heavy (non-hydrogen) atoms. The van der Waals surface area contributed by atoms with Crippen molar-refractivity contribution in [1.82, 2.24) is 5.32 Å². The first-order chi connectivity index (χ1) is 15.4. The molecule has 0 unspecified atom stereocenters. The average Bonchev–Trinajstić information content (AvgIpc) is 2.82. The minimum atomic E-state index is -3.95. The molecule has 1 atom stereocenters. The number of nitrogens with one attached hydrogen (secondary N) is 1. The van der Waals surface area contributed by atoms with Gasteiger partial charge < -0.3 is 10.1 Å². The number of para-hydroxylation sites is 1. The quantitative estimate of drug-likeness (QED) is 0.504. The number of ether oxygens (including phenoxy) is 1. The highest BCUT2D eigenvalue weighted by molar-refractivity contribution is 7.92. The molecule has 0 radical (unpaired) electrons. The molecule has 3 aromatic rings. The summed E-state index contributed by atoms with van der Waals surface area (Å²) in [5.41, 5.74) is 1.62. The maximum absolute atomic E-state index is 13.4. The zero-order chi connectivity index (χ0) is 23.0. The predicted molar refractivity (Wildman–Crippen MR) is 126 cm³/mol. The molecule has 3 aromatic carbocycles. The minimum absolute atomic E-state index is 0.0899. The van der Waals surface area contributed by atoms with Crippen molar-refractivity contribution in [2.45, 2.75) is 30.7 Å². The van der Waals surface area contributed by atoms with Crippen molar-refractivity contribution in [3.05, 3.63) is 90.5 Å². The molecule has 1 N–H and O–H groups in total. The van der Waals surface area contributed by atoms with Crippen LogP contribution < -0.4 is 14.4 Å². The molecule has 0 saturated carbocycles. The minimum Gasteiger partial charge on any atom is -0.497 e. The van der Waals surface area contributed by atoms with Crippen LogP contribution in [0.2, 0.25) is 0 Å². The van der Waals surface area contributed by atoms with Gasteiger partial charge in [-0.3, -0.25) is 9.10 Å². The summed E-state index contributed by atoms with van der Waals surface area (Å²) in [6, 6.07) is 24.7. The van der Waals surface area contributed by atoms with Gasteiger partial charge in [0.05, 0.1) is 17.7 Å². The number of benzene rings is 3. The lowest BCUT2D eigenvalue weighted by atomic mass is 10.1. The molecule has 0 aliphatic heterocycles. The van der Waals surface area contributed by atoms with Crippen molar-refractivity contribution in [1.29, 1.82) is 0 Å². The summed E-state index contributed by atoms with van der Waals surface area (Å²) in [5.74, 6) is 0.201. The first kappa shape index (κ1) is 23.3. The molecule has 7 heteroatoms. The first-order valence-electron chi connectivity index (χ1n) is 10.5. The van der Waals surface area contributed by atoms with Crippen LogP contribution >= 0.6 is 0 Å². The first-order valence-corrected chi connectivity index (χ1v) is 11.9. The molecule has 0 spiro atoms. The van der Waals surface area contributed by atoms with Crippen molar-refractivity contribution >= 4 is 21.6 Å². The fourth-order valence-corrected chi connectivity index (χ4v) is 4.76. The summed E-state index contributed by atoms with van der Waals surface area (Å²) < 4.78 is 33.0. The van der Waals surface area contributed by atoms with Crippen molar-refractivity contribution in [2.24, 2.45) is 0 Å². The molecule has 0 aliphatic carbocycles. The van der Waals surface area contributed by atoms with Gasteiger partial charge in [0.15, 0.2) is 0 Å². The third-order valence-corrected chi connectivity index (χ3v) is 6.88. The van der Waals surface area contributed by atoms with E-state index in [-0.39, 0.29) is 23.4 Å². The molecule has 0 aliphatic rings. The number of sulfonamides is 1. The van der Waals surface area contributed by atoms with E-state index in [4.69, 9.17) is 4.74 Å². The molecule has 6 nitrogen and oxygen atoms in total. The molecule has 1 amide bonds. The van der Waals surface area contributed by atoms with E-state index >= 15 is 0 Å². The summed E-state index contributed by atoms with van der Waals surface area (Å²) in [6.07, 6.45) is 1.58. The SMILES string of the molecule is COc1ccc(S(=O)(=O)N(CC(=O)N[C@H](C)CCc2ccccc2)c2ccccc2)cc1. The Morgan fingerprint density at radius 1 is 0.938 bits per heavy atom. The number of carbonyl (C=O) groups is 1. The highest BCUT2D eigenvalue weighted by Crippen LogP contribution is 2.24. The number of amides is 1. The number of nitrogens with zero attached hydrogens (tertiary/aromatic N) is 1. The Morgan fingerprint density at radius 2 is 1.53 bits per heavy atom. The molecule has 0 fully saturated rings. The van der Waals surface area contributed by atoms with E-state index < -0.39 is 10.0 Å². The van der Waals surface area contributed by atoms with Crippen LogP contribution in [0.4, 0.5) is 5.69 Å². The van der Waals surface area contributed by atoms with Crippen LogP contribution in [0.3, 0.4) is 0 Å². The van der Waals surface area contributed by atoms with Crippen molar-refractivity contribution in [3.63, 3.8) is 0 Å². The van der Waals surface area contributed by atoms with E-state index in [0.717, 1.165) is 17.1 Å². The molecule has 3 rings (SSSR count). The van der Waals surface area contributed by atoms with Crippen LogP contribution in [0.25, 0.3) is 0 Å². The highest BCUT2D eigenvalue weighted by atomic mass is 32.2. The van der Waals surface area contributed by atoms with Gasteiger partial charge >= 0.3 is 0 Å². The second-order valence-electron chi connectivity index (χ2n) is 7.52. The van der Waals surface area contributed by atoms with E-state index in [1.807, 2.05) is 37.3 Å². The normalized spacial score (nSPS) is 12.1. The molecular formula is C25H28N2O4S. The van der Waals surface area contributed by atoms with Gasteiger partial charge in [0.1, 0.15) is 12.3 Å². The summed E-state index contributed by atoms with van der Waals surface area (Å²) in [6.45, 7) is 1.61. The van der Waals surface area contributed by atoms with E-state index in [9.17, 15) is 13.2 Å². The number of methoxy groups -OCH3 is 1. The largest absolute Gasteiger partial charge is 0.497 e. The smallest absolute Gasteiger partial charge is 0.264 e. The zero-order valence-corrected chi connectivity index (χ0v) is 19.1. The fraction of sp³-hybridized carbons (Fsp3) is 0.240. The molecule has 0 bridgehead atoms. The Morgan fingerprint density at radius 3 is 2.12 bits per heavy atom. The van der Waals surface area contributed by atoms with Crippen LogP contribution in [0.15, 0.2) is 89.8 Å². The van der Waals surface area contributed by atoms with Crippen LogP contribution in [0.5, 0.6) is 5.75 Å². The zero-order valence-electron chi connectivity index (χ0n) is 18.3. The maximum atomic E-state index is 13.4. The van der Waals surface area contributed by atoms with Gasteiger partial charge in [-0.15, -0.1) is 0 Å². The van der Waals surface area contributed by atoms with Gasteiger partial charge in [-0.25, -0.2) is 8.42 Å². The fourth-order valence-electron chi connectivity index (χ4n) is 3.34. The molecular weight excluding hydrogens is 424 g/mol. The lowest BCUT2D eigenvalue weighted by Crippen LogP contribution is -2.43.